The summed E-state index contributed by atoms with van der Waals surface area (Å²) >= 11 is 0. The van der Waals surface area contributed by atoms with Crippen LogP contribution in [0.15, 0.2) is 36.4 Å². The van der Waals surface area contributed by atoms with Crippen LogP contribution in [0.5, 0.6) is 5.75 Å². The number of ether oxygens (including phenoxy) is 1. The van der Waals surface area contributed by atoms with E-state index in [1.54, 1.807) is 0 Å². The molecule has 1 N–H and O–H groups in total. The lowest BCUT2D eigenvalue weighted by atomic mass is 9.90. The van der Waals surface area contributed by atoms with Crippen molar-refractivity contribution in [2.75, 3.05) is 39.4 Å². The van der Waals surface area contributed by atoms with Gasteiger partial charge in [0.15, 0.2) is 0 Å². The van der Waals surface area contributed by atoms with E-state index in [1.165, 1.54) is 26.0 Å². The molecule has 2 aliphatic heterocycles. The summed E-state index contributed by atoms with van der Waals surface area (Å²) < 4.78 is 64.6. The number of nitrogens with one attached hydrogen (secondary N) is 1. The van der Waals surface area contributed by atoms with Gasteiger partial charge in [0.05, 0.1) is 12.7 Å². The Morgan fingerprint density at radius 2 is 1.83 bits per heavy atom. The van der Waals surface area contributed by atoms with Crippen LogP contribution in [0.4, 0.5) is 17.6 Å². The first-order chi connectivity index (χ1) is 17.1. The number of rotatable bonds is 8. The van der Waals surface area contributed by atoms with E-state index in [0.717, 1.165) is 16.5 Å². The number of halogens is 4. The predicted octanol–water partition coefficient (Wildman–Crippen LogP) is 5.95. The fraction of sp³-hybridized carbons (Fsp3) is 0.500. The summed E-state index contributed by atoms with van der Waals surface area (Å²) in [5.74, 6) is -1.33. The normalized spacial score (nSPS) is 20.4. The number of para-hydroxylation sites is 1. The molecule has 3 aromatic rings. The van der Waals surface area contributed by atoms with Gasteiger partial charge >= 0.3 is 0 Å². The molecule has 36 heavy (non-hydrogen) atoms. The van der Waals surface area contributed by atoms with E-state index < -0.39 is 28.9 Å². The lowest BCUT2D eigenvalue weighted by molar-refractivity contribution is -0.0642. The Morgan fingerprint density at radius 1 is 1.14 bits per heavy atom. The van der Waals surface area contributed by atoms with Crippen molar-refractivity contribution in [3.8, 4) is 5.75 Å². The van der Waals surface area contributed by atoms with Gasteiger partial charge in [0.2, 0.25) is 0 Å². The fourth-order valence-corrected chi connectivity index (χ4v) is 5.84. The molecule has 1 fully saturated rings. The minimum Gasteiger partial charge on any atom is -0.485 e. The number of aromatic amines is 1. The van der Waals surface area contributed by atoms with Gasteiger partial charge in [-0.1, -0.05) is 18.2 Å². The third-order valence-electron chi connectivity index (χ3n) is 7.13. The zero-order valence-corrected chi connectivity index (χ0v) is 21.0. The monoisotopic (exact) mass is 503 g/mol. The highest BCUT2D eigenvalue weighted by molar-refractivity contribution is 5.85. The summed E-state index contributed by atoms with van der Waals surface area (Å²) in [5.41, 5.74) is 0.374. The Bertz CT molecular complexity index is 1220. The van der Waals surface area contributed by atoms with Crippen molar-refractivity contribution in [2.24, 2.45) is 0 Å². The van der Waals surface area contributed by atoms with E-state index in [4.69, 9.17) is 4.74 Å². The highest BCUT2D eigenvalue weighted by atomic mass is 19.1. The molecule has 4 nitrogen and oxygen atoms in total. The second kappa shape index (κ2) is 9.38. The molecule has 0 bridgehead atoms. The Labute approximate surface area is 209 Å². The molecule has 8 heteroatoms. The number of likely N-dealkylation sites (tertiary alicyclic amines) is 1. The summed E-state index contributed by atoms with van der Waals surface area (Å²) in [6, 6.07) is 9.45. The summed E-state index contributed by atoms with van der Waals surface area (Å²) in [4.78, 5) is 7.23. The molecular formula is C28H33F4N3O. The number of hydrogen-bond donors (Lipinski definition) is 1. The van der Waals surface area contributed by atoms with Gasteiger partial charge in [-0.2, -0.15) is 0 Å². The molecule has 5 rings (SSSR count). The molecular weight excluding hydrogens is 470 g/mol. The van der Waals surface area contributed by atoms with E-state index in [0.29, 0.717) is 44.7 Å². The van der Waals surface area contributed by atoms with Gasteiger partial charge in [-0.05, 0) is 45.2 Å². The van der Waals surface area contributed by atoms with Crippen molar-refractivity contribution in [3.05, 3.63) is 64.9 Å². The third-order valence-corrected chi connectivity index (χ3v) is 7.13. The Morgan fingerprint density at radius 3 is 2.50 bits per heavy atom. The Kier molecular flexibility index (Phi) is 6.53. The van der Waals surface area contributed by atoms with E-state index in [1.807, 2.05) is 36.1 Å². The van der Waals surface area contributed by atoms with Crippen LogP contribution in [0.3, 0.4) is 0 Å². The number of alkyl halides is 2. The molecule has 0 unspecified atom stereocenters. The molecule has 2 aromatic carbocycles. The largest absolute Gasteiger partial charge is 0.485 e. The van der Waals surface area contributed by atoms with Gasteiger partial charge in [-0.25, -0.2) is 13.2 Å². The van der Waals surface area contributed by atoms with Gasteiger partial charge in [-0.3, -0.25) is 14.2 Å². The van der Waals surface area contributed by atoms with Crippen LogP contribution in [0.1, 0.15) is 50.1 Å². The quantitative estimate of drug-likeness (QED) is 0.385. The van der Waals surface area contributed by atoms with Crippen LogP contribution >= 0.6 is 0 Å². The first kappa shape index (κ1) is 25.1. The van der Waals surface area contributed by atoms with Crippen LogP contribution < -0.4 is 4.74 Å². The first-order valence-electron chi connectivity index (χ1n) is 12.6. The van der Waals surface area contributed by atoms with E-state index in [9.17, 15) is 8.78 Å². The van der Waals surface area contributed by atoms with Gasteiger partial charge in [0, 0.05) is 67.0 Å². The van der Waals surface area contributed by atoms with Gasteiger partial charge in [-0.15, -0.1) is 0 Å². The molecule has 1 saturated heterocycles. The maximum Gasteiger partial charge on any atom is 0.135 e. The number of nitrogens with zero attached hydrogens (tertiary/aromatic N) is 2. The molecule has 0 spiro atoms. The molecule has 0 saturated carbocycles. The van der Waals surface area contributed by atoms with Gasteiger partial charge in [0.1, 0.15) is 28.7 Å². The molecule has 0 amide bonds. The Balaban J connectivity index is 1.48. The first-order valence-corrected chi connectivity index (χ1v) is 12.6. The highest BCUT2D eigenvalue weighted by Gasteiger charge is 2.42. The fourth-order valence-electron chi connectivity index (χ4n) is 5.84. The average Bonchev–Trinajstić information content (AvgIpc) is 3.14. The lowest BCUT2D eigenvalue weighted by Gasteiger charge is -2.47. The van der Waals surface area contributed by atoms with E-state index >= 15 is 8.78 Å². The van der Waals surface area contributed by atoms with Crippen LogP contribution in [-0.4, -0.2) is 65.5 Å². The van der Waals surface area contributed by atoms with Crippen molar-refractivity contribution in [3.63, 3.8) is 0 Å². The minimum absolute atomic E-state index is 0.0381. The van der Waals surface area contributed by atoms with E-state index in [-0.39, 0.29) is 24.5 Å². The topological polar surface area (TPSA) is 31.5 Å². The lowest BCUT2D eigenvalue weighted by Crippen LogP contribution is -2.63. The standard InChI is InChI=1S/C28H33F4N3O/c1-27(2,32)15-35-12-9-20-19-7-4-5-8-23(19)33-25(20)26(35)24-21(30)13-18(14-22(24)31)36-28(3)16-34(17-28)11-6-10-29/h4-5,7-8,13-14,26,33H,6,9-12,15-17H2,1-3H3/t26-/m1/s1. The maximum atomic E-state index is 15.7. The minimum atomic E-state index is -1.54. The molecule has 0 aliphatic carbocycles. The summed E-state index contributed by atoms with van der Waals surface area (Å²) in [5, 5.41) is 1.02. The summed E-state index contributed by atoms with van der Waals surface area (Å²) in [6.45, 7) is 6.75. The van der Waals surface area contributed by atoms with Crippen LogP contribution in [0.25, 0.3) is 10.9 Å². The summed E-state index contributed by atoms with van der Waals surface area (Å²) in [7, 11) is 0. The highest BCUT2D eigenvalue weighted by Crippen LogP contribution is 2.42. The SMILES string of the molecule is CC(C)(F)CN1CCc2c([nH]c3ccccc23)[C@H]1c1c(F)cc(OC2(C)CN(CCCF)C2)cc1F. The molecule has 3 heterocycles. The zero-order valence-electron chi connectivity index (χ0n) is 21.0. The molecule has 1 aromatic heterocycles. The molecule has 194 valence electrons. The van der Waals surface area contributed by atoms with Crippen LogP contribution in [0.2, 0.25) is 0 Å². The van der Waals surface area contributed by atoms with Crippen molar-refractivity contribution in [2.45, 2.75) is 50.9 Å². The molecule has 1 atom stereocenters. The number of H-pyrrole nitrogens is 1. The summed E-state index contributed by atoms with van der Waals surface area (Å²) in [6.07, 6.45) is 1.12. The Hall–Kier alpha value is -2.58. The number of benzene rings is 2. The van der Waals surface area contributed by atoms with Gasteiger partial charge in [0.25, 0.3) is 0 Å². The smallest absolute Gasteiger partial charge is 0.135 e. The van der Waals surface area contributed by atoms with E-state index in [2.05, 4.69) is 9.88 Å². The molecule has 2 aliphatic rings. The zero-order chi connectivity index (χ0) is 25.7. The van der Waals surface area contributed by atoms with Crippen LogP contribution in [0, 0.1) is 11.6 Å². The molecule has 0 radical (unpaired) electrons. The van der Waals surface area contributed by atoms with Gasteiger partial charge < -0.3 is 9.72 Å². The van der Waals surface area contributed by atoms with Crippen molar-refractivity contribution < 1.29 is 22.3 Å². The number of hydrogen-bond acceptors (Lipinski definition) is 3. The van der Waals surface area contributed by atoms with Crippen LogP contribution in [-0.2, 0) is 6.42 Å². The van der Waals surface area contributed by atoms with Crippen molar-refractivity contribution in [1.82, 2.24) is 14.8 Å². The average molecular weight is 504 g/mol. The van der Waals surface area contributed by atoms with Crippen molar-refractivity contribution in [1.29, 1.82) is 0 Å². The number of fused-ring (bicyclic) bond motifs is 3. The predicted molar refractivity (Wildman–Crippen MR) is 133 cm³/mol. The second-order valence-electron chi connectivity index (χ2n) is 11.0. The third kappa shape index (κ3) is 4.85. The maximum absolute atomic E-state index is 15.7. The second-order valence-corrected chi connectivity index (χ2v) is 11.0. The van der Waals surface area contributed by atoms with Crippen molar-refractivity contribution >= 4 is 10.9 Å². The number of aromatic nitrogens is 1.